The fourth-order valence-corrected chi connectivity index (χ4v) is 4.54. The number of morpholine rings is 1. The second kappa shape index (κ2) is 8.91. The second-order valence-electron chi connectivity index (χ2n) is 7.91. The maximum Gasteiger partial charge on any atom is 0.252 e. The van der Waals surface area contributed by atoms with Crippen LogP contribution in [0, 0.1) is 5.92 Å². The zero-order valence-electron chi connectivity index (χ0n) is 16.3. The minimum Gasteiger partial charge on any atom is -0.358 e. The van der Waals surface area contributed by atoms with Gasteiger partial charge >= 0.3 is 0 Å². The van der Waals surface area contributed by atoms with Crippen molar-refractivity contribution in [1.82, 2.24) is 4.90 Å². The highest BCUT2D eigenvalue weighted by Crippen LogP contribution is 2.44. The summed E-state index contributed by atoms with van der Waals surface area (Å²) in [5.41, 5.74) is 1.99. The van der Waals surface area contributed by atoms with Gasteiger partial charge in [-0.15, -0.1) is 6.58 Å². The highest BCUT2D eigenvalue weighted by Gasteiger charge is 2.44. The third-order valence-electron chi connectivity index (χ3n) is 5.94. The van der Waals surface area contributed by atoms with Crippen LogP contribution in [0.4, 0.5) is 0 Å². The van der Waals surface area contributed by atoms with Gasteiger partial charge in [-0.1, -0.05) is 60.0 Å². The predicted molar refractivity (Wildman–Crippen MR) is 117 cm³/mol. The summed E-state index contributed by atoms with van der Waals surface area (Å²) in [6.07, 6.45) is 4.99. The SMILES string of the molecule is C=CCC1OC(c2cccc(Cl)c2)C(c2ccc(Cl)cc2)N(CC2CCC2)C1=O. The Balaban J connectivity index is 1.78. The van der Waals surface area contributed by atoms with Crippen LogP contribution in [0.15, 0.2) is 61.2 Å². The van der Waals surface area contributed by atoms with Crippen molar-refractivity contribution in [2.24, 2.45) is 5.92 Å². The molecule has 0 bridgehead atoms. The van der Waals surface area contributed by atoms with Crippen molar-refractivity contribution in [2.75, 3.05) is 6.54 Å². The lowest BCUT2D eigenvalue weighted by atomic mass is 9.83. The molecule has 1 saturated carbocycles. The average Bonchev–Trinajstić information content (AvgIpc) is 2.68. The van der Waals surface area contributed by atoms with Crippen molar-refractivity contribution in [2.45, 2.75) is 43.9 Å². The first-order valence-corrected chi connectivity index (χ1v) is 10.9. The number of amides is 1. The van der Waals surface area contributed by atoms with Gasteiger partial charge in [-0.05, 0) is 54.2 Å². The molecule has 5 heteroatoms. The van der Waals surface area contributed by atoms with Crippen LogP contribution in [0.3, 0.4) is 0 Å². The Morgan fingerprint density at radius 3 is 2.45 bits per heavy atom. The first kappa shape index (κ1) is 20.5. The third kappa shape index (κ3) is 4.37. The van der Waals surface area contributed by atoms with Gasteiger partial charge in [0.15, 0.2) is 0 Å². The maximum atomic E-state index is 13.4. The molecule has 2 aliphatic rings. The van der Waals surface area contributed by atoms with E-state index in [0.717, 1.165) is 17.7 Å². The summed E-state index contributed by atoms with van der Waals surface area (Å²) in [6, 6.07) is 15.2. The van der Waals surface area contributed by atoms with Gasteiger partial charge in [-0.25, -0.2) is 0 Å². The van der Waals surface area contributed by atoms with E-state index in [1.165, 1.54) is 19.3 Å². The Labute approximate surface area is 182 Å². The molecule has 1 amide bonds. The number of carbonyl (C=O) groups excluding carboxylic acids is 1. The minimum atomic E-state index is -0.528. The van der Waals surface area contributed by atoms with E-state index in [4.69, 9.17) is 27.9 Å². The van der Waals surface area contributed by atoms with Gasteiger partial charge in [-0.2, -0.15) is 0 Å². The fourth-order valence-electron chi connectivity index (χ4n) is 4.22. The second-order valence-corrected chi connectivity index (χ2v) is 8.78. The molecule has 0 radical (unpaired) electrons. The lowest BCUT2D eigenvalue weighted by Gasteiger charge is -2.47. The van der Waals surface area contributed by atoms with Crippen LogP contribution in [-0.4, -0.2) is 23.5 Å². The summed E-state index contributed by atoms with van der Waals surface area (Å²) >= 11 is 12.4. The number of hydrogen-bond acceptors (Lipinski definition) is 2. The Hall–Kier alpha value is -1.81. The van der Waals surface area contributed by atoms with E-state index in [1.807, 2.05) is 53.4 Å². The Kier molecular flexibility index (Phi) is 6.29. The summed E-state index contributed by atoms with van der Waals surface area (Å²) in [5.74, 6) is 0.589. The number of nitrogens with zero attached hydrogens (tertiary/aromatic N) is 1. The van der Waals surface area contributed by atoms with Crippen molar-refractivity contribution in [3.05, 3.63) is 82.4 Å². The number of ether oxygens (including phenoxy) is 1. The van der Waals surface area contributed by atoms with Gasteiger partial charge in [0.1, 0.15) is 12.2 Å². The van der Waals surface area contributed by atoms with Crippen molar-refractivity contribution in [1.29, 1.82) is 0 Å². The highest BCUT2D eigenvalue weighted by molar-refractivity contribution is 6.30. The number of hydrogen-bond donors (Lipinski definition) is 0. The topological polar surface area (TPSA) is 29.5 Å². The molecule has 2 aromatic rings. The molecule has 0 N–H and O–H groups in total. The lowest BCUT2D eigenvalue weighted by molar-refractivity contribution is -0.175. The Morgan fingerprint density at radius 1 is 1.07 bits per heavy atom. The highest BCUT2D eigenvalue weighted by atomic mass is 35.5. The molecule has 1 aliphatic heterocycles. The van der Waals surface area contributed by atoms with Crippen LogP contribution in [0.25, 0.3) is 0 Å². The fraction of sp³-hybridized carbons (Fsp3) is 0.375. The van der Waals surface area contributed by atoms with Crippen molar-refractivity contribution in [3.8, 4) is 0 Å². The lowest BCUT2D eigenvalue weighted by Crippen LogP contribution is -2.52. The molecule has 4 rings (SSSR count). The largest absolute Gasteiger partial charge is 0.358 e. The predicted octanol–water partition coefficient (Wildman–Crippen LogP) is 6.38. The maximum absolute atomic E-state index is 13.4. The number of carbonyl (C=O) groups is 1. The van der Waals surface area contributed by atoms with Crippen molar-refractivity contribution < 1.29 is 9.53 Å². The summed E-state index contributed by atoms with van der Waals surface area (Å²) in [4.78, 5) is 15.4. The zero-order valence-corrected chi connectivity index (χ0v) is 17.8. The van der Waals surface area contributed by atoms with Crippen molar-refractivity contribution >= 4 is 29.1 Å². The van der Waals surface area contributed by atoms with E-state index in [2.05, 4.69) is 6.58 Å². The van der Waals surface area contributed by atoms with E-state index in [0.29, 0.717) is 22.4 Å². The molecule has 1 aliphatic carbocycles. The molecule has 29 heavy (non-hydrogen) atoms. The van der Waals surface area contributed by atoms with Gasteiger partial charge in [-0.3, -0.25) is 4.79 Å². The first-order chi connectivity index (χ1) is 14.1. The van der Waals surface area contributed by atoms with Gasteiger partial charge in [0.2, 0.25) is 0 Å². The zero-order chi connectivity index (χ0) is 20.4. The Bertz CT molecular complexity index is 879. The summed E-state index contributed by atoms with van der Waals surface area (Å²) in [5, 5.41) is 1.33. The molecule has 0 aromatic heterocycles. The summed E-state index contributed by atoms with van der Waals surface area (Å²) in [6.45, 7) is 4.57. The minimum absolute atomic E-state index is 0.0371. The van der Waals surface area contributed by atoms with Crippen LogP contribution >= 0.6 is 23.2 Å². The van der Waals surface area contributed by atoms with Crippen molar-refractivity contribution in [3.63, 3.8) is 0 Å². The third-order valence-corrected chi connectivity index (χ3v) is 6.43. The van der Waals surface area contributed by atoms with Gasteiger partial charge in [0.05, 0.1) is 6.04 Å². The standard InChI is InChI=1S/C24H25Cl2NO2/c1-2-5-21-24(28)27(15-16-6-3-7-16)22(17-10-12-19(25)13-11-17)23(29-21)18-8-4-9-20(26)14-18/h2,4,8-14,16,21-23H,1,3,5-7,15H2. The first-order valence-electron chi connectivity index (χ1n) is 10.1. The number of benzene rings is 2. The number of halogens is 2. The van der Waals surface area contributed by atoms with Crippen LogP contribution in [-0.2, 0) is 9.53 Å². The van der Waals surface area contributed by atoms with E-state index in [1.54, 1.807) is 6.08 Å². The number of rotatable bonds is 6. The monoisotopic (exact) mass is 429 g/mol. The molecule has 3 unspecified atom stereocenters. The van der Waals surface area contributed by atoms with Gasteiger partial charge in [0.25, 0.3) is 5.91 Å². The van der Waals surface area contributed by atoms with E-state index in [-0.39, 0.29) is 18.1 Å². The molecule has 1 saturated heterocycles. The van der Waals surface area contributed by atoms with E-state index >= 15 is 0 Å². The molecule has 3 atom stereocenters. The van der Waals surface area contributed by atoms with Crippen LogP contribution in [0.2, 0.25) is 10.0 Å². The van der Waals surface area contributed by atoms with Crippen LogP contribution in [0.1, 0.15) is 49.0 Å². The summed E-state index contributed by atoms with van der Waals surface area (Å²) < 4.78 is 6.39. The van der Waals surface area contributed by atoms with Crippen LogP contribution in [0.5, 0.6) is 0 Å². The quantitative estimate of drug-likeness (QED) is 0.498. The van der Waals surface area contributed by atoms with Crippen LogP contribution < -0.4 is 0 Å². The average molecular weight is 430 g/mol. The van der Waals surface area contributed by atoms with E-state index in [9.17, 15) is 4.79 Å². The summed E-state index contributed by atoms with van der Waals surface area (Å²) in [7, 11) is 0. The normalized spacial score (nSPS) is 25.0. The Morgan fingerprint density at radius 2 is 1.83 bits per heavy atom. The van der Waals surface area contributed by atoms with E-state index < -0.39 is 6.10 Å². The molecule has 0 spiro atoms. The van der Waals surface area contributed by atoms with Gasteiger partial charge in [0, 0.05) is 23.0 Å². The van der Waals surface area contributed by atoms with Gasteiger partial charge < -0.3 is 9.64 Å². The molecular formula is C24H25Cl2NO2. The molecular weight excluding hydrogens is 405 g/mol. The molecule has 152 valence electrons. The molecule has 2 fully saturated rings. The molecule has 1 heterocycles. The molecule has 3 nitrogen and oxygen atoms in total. The smallest absolute Gasteiger partial charge is 0.252 e. The molecule has 2 aromatic carbocycles.